The Balaban J connectivity index is 3.51. The molecule has 0 aromatic heterocycles. The van der Waals surface area contributed by atoms with Crippen molar-refractivity contribution >= 4 is 5.97 Å². The van der Waals surface area contributed by atoms with Crippen LogP contribution in [0.25, 0.3) is 0 Å². The highest BCUT2D eigenvalue weighted by atomic mass is 16.4. The van der Waals surface area contributed by atoms with E-state index in [9.17, 15) is 4.79 Å². The largest absolute Gasteiger partial charge is 0.481 e. The van der Waals surface area contributed by atoms with Crippen LogP contribution < -0.4 is 0 Å². The van der Waals surface area contributed by atoms with Gasteiger partial charge in [0.05, 0.1) is 6.42 Å². The third-order valence-corrected chi connectivity index (χ3v) is 3.15. The van der Waals surface area contributed by atoms with E-state index in [4.69, 9.17) is 5.11 Å². The van der Waals surface area contributed by atoms with Crippen LogP contribution in [0.2, 0.25) is 0 Å². The Morgan fingerprint density at radius 2 is 1.29 bits per heavy atom. The molecule has 0 spiro atoms. The molecule has 0 saturated heterocycles. The van der Waals surface area contributed by atoms with Gasteiger partial charge < -0.3 is 5.11 Å². The molecule has 0 aromatic rings. The molecule has 0 aromatic carbocycles. The molecule has 0 amide bonds. The molecule has 1 N–H and O–H groups in total. The quantitative estimate of drug-likeness (QED) is 0.223. The lowest BCUT2D eigenvalue weighted by Crippen LogP contribution is -1.89. The lowest BCUT2D eigenvalue weighted by Gasteiger charge is -1.89. The lowest BCUT2D eigenvalue weighted by molar-refractivity contribution is -0.136. The average Bonchev–Trinajstić information content (AvgIpc) is 2.56. The maximum absolute atomic E-state index is 10.3. The van der Waals surface area contributed by atoms with Gasteiger partial charge in [-0.1, -0.05) is 79.8 Å². The third kappa shape index (κ3) is 19.9. The summed E-state index contributed by atoms with van der Waals surface area (Å²) in [6, 6.07) is 0. The summed E-state index contributed by atoms with van der Waals surface area (Å²) in [5.41, 5.74) is 0. The Kier molecular flexibility index (Phi) is 17.3. The number of carboxylic acid groups (broad SMARTS) is 1. The molecule has 0 saturated carbocycles. The summed E-state index contributed by atoms with van der Waals surface area (Å²) in [6.45, 7) is 2.15. The molecule has 0 radical (unpaired) electrons. The van der Waals surface area contributed by atoms with Crippen LogP contribution in [-0.2, 0) is 4.79 Å². The predicted molar refractivity (Wildman–Crippen MR) is 105 cm³/mol. The minimum absolute atomic E-state index is 0.122. The SMILES string of the molecule is CC/C=C/C/C=C/CC/C=C/C=C/C=C/CCC/C=C/CC(=O)O. The second kappa shape index (κ2) is 19.0. The van der Waals surface area contributed by atoms with E-state index in [2.05, 4.69) is 61.6 Å². The fraction of sp³-hybridized carbons (Fsp3) is 0.409. The van der Waals surface area contributed by atoms with Gasteiger partial charge in [-0.05, 0) is 44.9 Å². The number of allylic oxidation sites excluding steroid dienone is 11. The molecule has 0 unspecified atom stereocenters. The molecular weight excluding hydrogens is 296 g/mol. The molecule has 2 nitrogen and oxygen atoms in total. The second-order valence-electron chi connectivity index (χ2n) is 5.41. The van der Waals surface area contributed by atoms with E-state index >= 15 is 0 Å². The molecule has 24 heavy (non-hydrogen) atoms. The fourth-order valence-corrected chi connectivity index (χ4v) is 1.88. The first kappa shape index (κ1) is 21.9. The lowest BCUT2D eigenvalue weighted by atomic mass is 10.2. The number of rotatable bonds is 14. The minimum atomic E-state index is -0.774. The van der Waals surface area contributed by atoms with Crippen LogP contribution in [0.5, 0.6) is 0 Å². The number of unbranched alkanes of at least 4 members (excludes halogenated alkanes) is 3. The Hall–Kier alpha value is -2.09. The van der Waals surface area contributed by atoms with Crippen LogP contribution >= 0.6 is 0 Å². The molecular formula is C22H32O2. The maximum Gasteiger partial charge on any atom is 0.307 e. The van der Waals surface area contributed by atoms with Crippen LogP contribution in [0, 0.1) is 0 Å². The smallest absolute Gasteiger partial charge is 0.307 e. The molecule has 0 bridgehead atoms. The summed E-state index contributed by atoms with van der Waals surface area (Å²) in [5, 5.41) is 8.48. The molecule has 2 heteroatoms. The number of carbonyl (C=O) groups is 1. The van der Waals surface area contributed by atoms with Gasteiger partial charge in [-0.2, -0.15) is 0 Å². The second-order valence-corrected chi connectivity index (χ2v) is 5.41. The number of carboxylic acids is 1. The van der Waals surface area contributed by atoms with Crippen molar-refractivity contribution in [3.05, 3.63) is 72.9 Å². The minimum Gasteiger partial charge on any atom is -0.481 e. The van der Waals surface area contributed by atoms with E-state index in [0.29, 0.717) is 0 Å². The van der Waals surface area contributed by atoms with E-state index < -0.39 is 5.97 Å². The van der Waals surface area contributed by atoms with Gasteiger partial charge in [0.2, 0.25) is 0 Å². The molecule has 132 valence electrons. The molecule has 0 fully saturated rings. The van der Waals surface area contributed by atoms with Crippen molar-refractivity contribution in [1.82, 2.24) is 0 Å². The summed E-state index contributed by atoms with van der Waals surface area (Å²) in [5.74, 6) is -0.774. The highest BCUT2D eigenvalue weighted by Gasteiger charge is 1.88. The molecule has 0 aliphatic carbocycles. The van der Waals surface area contributed by atoms with Gasteiger partial charge in [-0.3, -0.25) is 4.79 Å². The van der Waals surface area contributed by atoms with Gasteiger partial charge in [0.25, 0.3) is 0 Å². The zero-order valence-corrected chi connectivity index (χ0v) is 14.9. The molecule has 0 atom stereocenters. The van der Waals surface area contributed by atoms with Gasteiger partial charge in [0, 0.05) is 0 Å². The Morgan fingerprint density at radius 1 is 0.708 bits per heavy atom. The topological polar surface area (TPSA) is 37.3 Å². The van der Waals surface area contributed by atoms with Crippen molar-refractivity contribution in [2.75, 3.05) is 0 Å². The van der Waals surface area contributed by atoms with E-state index in [-0.39, 0.29) is 6.42 Å². The first-order valence-corrected chi connectivity index (χ1v) is 8.92. The summed E-state index contributed by atoms with van der Waals surface area (Å²) < 4.78 is 0. The molecule has 0 aliphatic rings. The van der Waals surface area contributed by atoms with Gasteiger partial charge in [0.1, 0.15) is 0 Å². The molecule has 0 heterocycles. The van der Waals surface area contributed by atoms with E-state index in [1.807, 2.05) is 12.2 Å². The van der Waals surface area contributed by atoms with Crippen molar-refractivity contribution in [3.8, 4) is 0 Å². The highest BCUT2D eigenvalue weighted by Crippen LogP contribution is 1.99. The first-order valence-electron chi connectivity index (χ1n) is 8.92. The molecule has 0 rings (SSSR count). The Labute approximate surface area is 147 Å². The Bertz CT molecular complexity index is 462. The van der Waals surface area contributed by atoms with Crippen LogP contribution in [-0.4, -0.2) is 11.1 Å². The van der Waals surface area contributed by atoms with Gasteiger partial charge in [0.15, 0.2) is 0 Å². The predicted octanol–water partition coefficient (Wildman–Crippen LogP) is 6.55. The van der Waals surface area contributed by atoms with Crippen molar-refractivity contribution in [1.29, 1.82) is 0 Å². The van der Waals surface area contributed by atoms with E-state index in [1.165, 1.54) is 0 Å². The van der Waals surface area contributed by atoms with E-state index in [1.54, 1.807) is 6.08 Å². The summed E-state index contributed by atoms with van der Waals surface area (Å²) >= 11 is 0. The number of hydrogen-bond acceptors (Lipinski definition) is 1. The average molecular weight is 328 g/mol. The molecule has 0 aliphatic heterocycles. The standard InChI is InChI=1S/C22H32O2/c1-2-3-4-5-6-7-8-9-10-11-12-13-14-15-16-17-18-19-20-21-22(23)24/h3-4,6-7,10-15,19-20H,2,5,8-9,16-18,21H2,1H3,(H,23,24)/b4-3+,7-6+,11-10+,13-12+,15-14+,20-19+. The fourth-order valence-electron chi connectivity index (χ4n) is 1.88. The van der Waals surface area contributed by atoms with Gasteiger partial charge >= 0.3 is 5.97 Å². The van der Waals surface area contributed by atoms with Crippen LogP contribution in [0.3, 0.4) is 0 Å². The van der Waals surface area contributed by atoms with Crippen LogP contribution in [0.1, 0.15) is 58.3 Å². The van der Waals surface area contributed by atoms with Crippen molar-refractivity contribution in [3.63, 3.8) is 0 Å². The normalized spacial score (nSPS) is 13.0. The van der Waals surface area contributed by atoms with Crippen LogP contribution in [0.4, 0.5) is 0 Å². The zero-order valence-electron chi connectivity index (χ0n) is 14.9. The third-order valence-electron chi connectivity index (χ3n) is 3.15. The van der Waals surface area contributed by atoms with E-state index in [0.717, 1.165) is 44.9 Å². The summed E-state index contributed by atoms with van der Waals surface area (Å²) in [4.78, 5) is 10.3. The number of hydrogen-bond donors (Lipinski definition) is 1. The summed E-state index contributed by atoms with van der Waals surface area (Å²) in [7, 11) is 0. The van der Waals surface area contributed by atoms with Crippen molar-refractivity contribution in [2.24, 2.45) is 0 Å². The monoisotopic (exact) mass is 328 g/mol. The van der Waals surface area contributed by atoms with Gasteiger partial charge in [-0.15, -0.1) is 0 Å². The van der Waals surface area contributed by atoms with Crippen molar-refractivity contribution in [2.45, 2.75) is 58.3 Å². The maximum atomic E-state index is 10.3. The number of aliphatic carboxylic acids is 1. The first-order chi connectivity index (χ1) is 11.8. The summed E-state index contributed by atoms with van der Waals surface area (Å²) in [6.07, 6.45) is 32.5. The highest BCUT2D eigenvalue weighted by molar-refractivity contribution is 5.68. The van der Waals surface area contributed by atoms with Crippen molar-refractivity contribution < 1.29 is 9.90 Å². The Morgan fingerprint density at radius 3 is 2.00 bits per heavy atom. The zero-order chi connectivity index (χ0) is 17.7. The van der Waals surface area contributed by atoms with Gasteiger partial charge in [-0.25, -0.2) is 0 Å². The van der Waals surface area contributed by atoms with Crippen LogP contribution in [0.15, 0.2) is 72.9 Å².